The van der Waals surface area contributed by atoms with Gasteiger partial charge in [0.05, 0.1) is 5.84 Å². The minimum atomic E-state index is -0.118. The van der Waals surface area contributed by atoms with Crippen molar-refractivity contribution in [3.8, 4) is 0 Å². The summed E-state index contributed by atoms with van der Waals surface area (Å²) in [5, 5.41) is 7.53. The number of amidine groups is 1. The topological polar surface area (TPSA) is 53.1 Å². The lowest BCUT2D eigenvalue weighted by Crippen LogP contribution is -2.38. The Bertz CT molecular complexity index is 248. The summed E-state index contributed by atoms with van der Waals surface area (Å²) in [5.74, 6) is 0.323. The number of rotatable bonds is 6. The van der Waals surface area contributed by atoms with E-state index in [9.17, 15) is 0 Å². The van der Waals surface area contributed by atoms with E-state index in [1.807, 2.05) is 0 Å². The van der Waals surface area contributed by atoms with Gasteiger partial charge in [-0.05, 0) is 45.7 Å². The minimum absolute atomic E-state index is 0.118. The first-order valence-electron chi connectivity index (χ1n) is 7.02. The third-order valence-corrected chi connectivity index (χ3v) is 4.17. The number of hydrogen-bond donors (Lipinski definition) is 2. The van der Waals surface area contributed by atoms with E-state index in [2.05, 4.69) is 25.7 Å². The van der Waals surface area contributed by atoms with Gasteiger partial charge in [-0.3, -0.25) is 5.41 Å². The van der Waals surface area contributed by atoms with E-state index in [4.69, 9.17) is 11.1 Å². The normalized spacial score (nSPS) is 22.6. The Morgan fingerprint density at radius 2 is 2.06 bits per heavy atom. The maximum Gasteiger partial charge on any atom is 0.0963 e. The summed E-state index contributed by atoms with van der Waals surface area (Å²) in [6, 6.07) is 0.768. The molecule has 1 saturated heterocycles. The van der Waals surface area contributed by atoms with Crippen LogP contribution in [0.1, 0.15) is 59.3 Å². The molecular formula is C14H29N3. The summed E-state index contributed by atoms with van der Waals surface area (Å²) >= 11 is 0. The molecule has 1 unspecified atom stereocenters. The van der Waals surface area contributed by atoms with Gasteiger partial charge in [0.15, 0.2) is 0 Å². The molecule has 0 saturated carbocycles. The Hall–Kier alpha value is -0.570. The fourth-order valence-electron chi connectivity index (χ4n) is 2.51. The van der Waals surface area contributed by atoms with Crippen molar-refractivity contribution in [2.24, 2.45) is 11.1 Å². The molecule has 3 heteroatoms. The maximum absolute atomic E-state index is 7.53. The molecule has 1 aliphatic rings. The molecule has 1 aliphatic heterocycles. The second-order valence-electron chi connectivity index (χ2n) is 6.14. The highest BCUT2D eigenvalue weighted by Gasteiger charge is 2.21. The number of nitrogens with zero attached hydrogens (tertiary/aromatic N) is 1. The molecule has 17 heavy (non-hydrogen) atoms. The van der Waals surface area contributed by atoms with Gasteiger partial charge in [0.25, 0.3) is 0 Å². The van der Waals surface area contributed by atoms with Gasteiger partial charge in [-0.2, -0.15) is 0 Å². The third-order valence-electron chi connectivity index (χ3n) is 4.17. The van der Waals surface area contributed by atoms with E-state index in [1.54, 1.807) is 0 Å². The fourth-order valence-corrected chi connectivity index (χ4v) is 2.51. The van der Waals surface area contributed by atoms with Crippen molar-refractivity contribution in [2.45, 2.75) is 65.3 Å². The van der Waals surface area contributed by atoms with Crippen LogP contribution in [-0.4, -0.2) is 29.9 Å². The first-order chi connectivity index (χ1) is 7.93. The largest absolute Gasteiger partial charge is 0.387 e. The Kier molecular flexibility index (Phi) is 5.44. The van der Waals surface area contributed by atoms with Crippen LogP contribution in [0.15, 0.2) is 0 Å². The molecule has 0 aromatic rings. The van der Waals surface area contributed by atoms with Gasteiger partial charge < -0.3 is 10.6 Å². The van der Waals surface area contributed by atoms with Gasteiger partial charge in [0.1, 0.15) is 0 Å². The Morgan fingerprint density at radius 1 is 1.35 bits per heavy atom. The maximum atomic E-state index is 7.53. The first-order valence-corrected chi connectivity index (χ1v) is 7.02. The van der Waals surface area contributed by atoms with Crippen LogP contribution < -0.4 is 5.73 Å². The average Bonchev–Trinajstić information content (AvgIpc) is 2.26. The minimum Gasteiger partial charge on any atom is -0.387 e. The van der Waals surface area contributed by atoms with Gasteiger partial charge in [-0.15, -0.1) is 0 Å². The molecule has 1 rings (SSSR count). The number of nitrogens with two attached hydrogens (primary N) is 1. The van der Waals surface area contributed by atoms with Crippen molar-refractivity contribution in [1.29, 1.82) is 5.41 Å². The van der Waals surface area contributed by atoms with Gasteiger partial charge in [0, 0.05) is 11.5 Å². The molecule has 100 valence electrons. The van der Waals surface area contributed by atoms with Gasteiger partial charge >= 0.3 is 0 Å². The first kappa shape index (κ1) is 14.5. The molecule has 0 bridgehead atoms. The van der Waals surface area contributed by atoms with Gasteiger partial charge in [0.2, 0.25) is 0 Å². The second-order valence-corrected chi connectivity index (χ2v) is 6.14. The molecule has 0 aromatic carbocycles. The third kappa shape index (κ3) is 4.66. The van der Waals surface area contributed by atoms with Gasteiger partial charge in [-0.25, -0.2) is 0 Å². The van der Waals surface area contributed by atoms with Crippen LogP contribution in [0.25, 0.3) is 0 Å². The van der Waals surface area contributed by atoms with Crippen molar-refractivity contribution >= 4 is 5.84 Å². The van der Waals surface area contributed by atoms with E-state index in [1.165, 1.54) is 45.2 Å². The van der Waals surface area contributed by atoms with Crippen LogP contribution in [-0.2, 0) is 0 Å². The molecule has 1 atom stereocenters. The molecular weight excluding hydrogens is 210 g/mol. The highest BCUT2D eigenvalue weighted by molar-refractivity contribution is 5.82. The van der Waals surface area contributed by atoms with Crippen LogP contribution >= 0.6 is 0 Å². The van der Waals surface area contributed by atoms with Gasteiger partial charge in [-0.1, -0.05) is 26.7 Å². The summed E-state index contributed by atoms with van der Waals surface area (Å²) in [6.45, 7) is 8.97. The van der Waals surface area contributed by atoms with Crippen molar-refractivity contribution in [3.63, 3.8) is 0 Å². The number of piperidine rings is 1. The predicted octanol–water partition coefficient (Wildman–Crippen LogP) is 2.99. The summed E-state index contributed by atoms with van der Waals surface area (Å²) in [6.07, 6.45) is 7.57. The zero-order chi connectivity index (χ0) is 12.9. The van der Waals surface area contributed by atoms with E-state index in [-0.39, 0.29) is 5.41 Å². The van der Waals surface area contributed by atoms with Crippen LogP contribution in [0.3, 0.4) is 0 Å². The van der Waals surface area contributed by atoms with E-state index >= 15 is 0 Å². The predicted molar refractivity (Wildman–Crippen MR) is 74.4 cm³/mol. The Balaban J connectivity index is 2.17. The zero-order valence-corrected chi connectivity index (χ0v) is 11.8. The van der Waals surface area contributed by atoms with Crippen LogP contribution in [0, 0.1) is 10.8 Å². The quantitative estimate of drug-likeness (QED) is 0.425. The Labute approximate surface area is 106 Å². The van der Waals surface area contributed by atoms with Crippen molar-refractivity contribution in [3.05, 3.63) is 0 Å². The highest BCUT2D eigenvalue weighted by Crippen LogP contribution is 2.23. The molecule has 1 heterocycles. The van der Waals surface area contributed by atoms with Crippen molar-refractivity contribution in [2.75, 3.05) is 13.1 Å². The summed E-state index contributed by atoms with van der Waals surface area (Å²) < 4.78 is 0. The molecule has 0 radical (unpaired) electrons. The number of likely N-dealkylation sites (tertiary alicyclic amines) is 1. The summed E-state index contributed by atoms with van der Waals surface area (Å²) in [5.41, 5.74) is 5.47. The standard InChI is InChI=1S/C14H29N3/c1-12-8-4-6-10-17(12)11-7-5-9-14(2,3)13(15)16/h12H,4-11H2,1-3H3,(H3,15,16). The molecule has 0 amide bonds. The SMILES string of the molecule is CC1CCCCN1CCCCC(C)(C)C(=N)N. The molecule has 0 aliphatic carbocycles. The Morgan fingerprint density at radius 3 is 2.65 bits per heavy atom. The monoisotopic (exact) mass is 239 g/mol. The lowest BCUT2D eigenvalue weighted by atomic mass is 9.86. The van der Waals surface area contributed by atoms with E-state index in [0.717, 1.165) is 12.5 Å². The number of hydrogen-bond acceptors (Lipinski definition) is 2. The van der Waals surface area contributed by atoms with Crippen LogP contribution in [0.4, 0.5) is 0 Å². The fraction of sp³-hybridized carbons (Fsp3) is 0.929. The van der Waals surface area contributed by atoms with E-state index in [0.29, 0.717) is 5.84 Å². The molecule has 0 spiro atoms. The lowest BCUT2D eigenvalue weighted by molar-refractivity contribution is 0.156. The molecule has 1 fully saturated rings. The average molecular weight is 239 g/mol. The zero-order valence-electron chi connectivity index (χ0n) is 11.8. The van der Waals surface area contributed by atoms with Crippen LogP contribution in [0.2, 0.25) is 0 Å². The second kappa shape index (κ2) is 6.39. The van der Waals surface area contributed by atoms with E-state index < -0.39 is 0 Å². The highest BCUT2D eigenvalue weighted by atomic mass is 15.1. The van der Waals surface area contributed by atoms with Crippen LogP contribution in [0.5, 0.6) is 0 Å². The summed E-state index contributed by atoms with van der Waals surface area (Å²) in [4.78, 5) is 2.62. The van der Waals surface area contributed by atoms with Crippen molar-refractivity contribution in [1.82, 2.24) is 4.90 Å². The lowest BCUT2D eigenvalue weighted by Gasteiger charge is -2.33. The smallest absolute Gasteiger partial charge is 0.0963 e. The summed E-state index contributed by atoms with van der Waals surface area (Å²) in [7, 11) is 0. The van der Waals surface area contributed by atoms with Crippen molar-refractivity contribution < 1.29 is 0 Å². The molecule has 3 N–H and O–H groups in total. The molecule has 3 nitrogen and oxygen atoms in total. The number of nitrogens with one attached hydrogen (secondary N) is 1. The molecule has 0 aromatic heterocycles. The number of unbranched alkanes of at least 4 members (excludes halogenated alkanes) is 1.